The average Bonchev–Trinajstić information content (AvgIpc) is 3.40. The van der Waals surface area contributed by atoms with Gasteiger partial charge in [0.2, 0.25) is 5.91 Å². The third-order valence-electron chi connectivity index (χ3n) is 7.24. The molecule has 0 aliphatic rings. The minimum atomic E-state index is -1.23. The SMILES string of the molecule is CCCCOCCOc1ccc(-c2ccc(OC)c(/C=C/C(=O)Nc3ccc([S@@+]([O-])Cc4c(C)ncn4CCC)cc3)c2)cc1. The molecule has 0 bridgehead atoms. The Morgan fingerprint density at radius 3 is 2.44 bits per heavy atom. The first-order chi connectivity index (χ1) is 21.9. The van der Waals surface area contributed by atoms with Crippen LogP contribution >= 0.6 is 0 Å². The summed E-state index contributed by atoms with van der Waals surface area (Å²) in [5, 5.41) is 2.88. The van der Waals surface area contributed by atoms with Crippen molar-refractivity contribution >= 4 is 28.8 Å². The minimum absolute atomic E-state index is 0.282. The van der Waals surface area contributed by atoms with Crippen LogP contribution in [0.2, 0.25) is 0 Å². The summed E-state index contributed by atoms with van der Waals surface area (Å²) in [6.45, 7) is 8.88. The Hall–Kier alpha value is -4.05. The molecule has 1 amide bonds. The summed E-state index contributed by atoms with van der Waals surface area (Å²) in [7, 11) is 1.61. The minimum Gasteiger partial charge on any atom is -0.611 e. The van der Waals surface area contributed by atoms with E-state index in [1.807, 2.05) is 55.7 Å². The first-order valence-corrected chi connectivity index (χ1v) is 16.7. The van der Waals surface area contributed by atoms with Crippen molar-refractivity contribution in [2.75, 3.05) is 32.2 Å². The van der Waals surface area contributed by atoms with E-state index < -0.39 is 11.2 Å². The molecule has 1 atom stereocenters. The van der Waals surface area contributed by atoms with Gasteiger partial charge in [0, 0.05) is 30.5 Å². The highest BCUT2D eigenvalue weighted by Crippen LogP contribution is 2.29. The van der Waals surface area contributed by atoms with E-state index in [0.717, 1.165) is 66.2 Å². The summed E-state index contributed by atoms with van der Waals surface area (Å²) < 4.78 is 32.0. The lowest BCUT2D eigenvalue weighted by atomic mass is 10.0. The highest BCUT2D eigenvalue weighted by atomic mass is 32.2. The van der Waals surface area contributed by atoms with Crippen LogP contribution < -0.4 is 14.8 Å². The Morgan fingerprint density at radius 1 is 0.978 bits per heavy atom. The predicted octanol–water partition coefficient (Wildman–Crippen LogP) is 7.43. The normalized spacial score (nSPS) is 11.9. The monoisotopic (exact) mass is 629 g/mol. The molecular formula is C36H43N3O5S. The molecule has 3 aromatic carbocycles. The molecule has 9 heteroatoms. The molecule has 45 heavy (non-hydrogen) atoms. The smallest absolute Gasteiger partial charge is 0.248 e. The number of nitrogens with one attached hydrogen (secondary N) is 1. The molecule has 0 saturated heterocycles. The zero-order valence-electron chi connectivity index (χ0n) is 26.6. The maximum atomic E-state index is 13.1. The number of ether oxygens (including phenoxy) is 3. The fraction of sp³-hybridized carbons (Fsp3) is 0.333. The number of hydrogen-bond acceptors (Lipinski definition) is 6. The molecule has 0 radical (unpaired) electrons. The second-order valence-electron chi connectivity index (χ2n) is 10.6. The summed E-state index contributed by atoms with van der Waals surface area (Å²) in [6.07, 6.45) is 8.18. The quantitative estimate of drug-likeness (QED) is 0.0741. The molecule has 1 N–H and O–H groups in total. The van der Waals surface area contributed by atoms with Gasteiger partial charge in [0.15, 0.2) is 10.6 Å². The number of carbonyl (C=O) groups excluding carboxylic acids is 1. The second kappa shape index (κ2) is 17.4. The molecule has 0 aliphatic heterocycles. The molecule has 0 aliphatic carbocycles. The molecule has 238 valence electrons. The maximum Gasteiger partial charge on any atom is 0.248 e. The number of nitrogens with zero attached hydrogens (tertiary/aromatic N) is 2. The van der Waals surface area contributed by atoms with Crippen LogP contribution in [0.5, 0.6) is 11.5 Å². The zero-order valence-corrected chi connectivity index (χ0v) is 27.4. The molecule has 0 fully saturated rings. The lowest BCUT2D eigenvalue weighted by Crippen LogP contribution is -2.11. The number of rotatable bonds is 17. The second-order valence-corrected chi connectivity index (χ2v) is 12.1. The van der Waals surface area contributed by atoms with E-state index in [1.54, 1.807) is 37.5 Å². The van der Waals surface area contributed by atoms with Gasteiger partial charge in [-0.3, -0.25) is 4.79 Å². The van der Waals surface area contributed by atoms with Gasteiger partial charge >= 0.3 is 0 Å². The van der Waals surface area contributed by atoms with E-state index in [1.165, 1.54) is 6.08 Å². The van der Waals surface area contributed by atoms with Crippen molar-refractivity contribution < 1.29 is 23.6 Å². The van der Waals surface area contributed by atoms with Crippen LogP contribution in [-0.4, -0.2) is 46.9 Å². The van der Waals surface area contributed by atoms with Crippen molar-refractivity contribution in [3.63, 3.8) is 0 Å². The fourth-order valence-corrected chi connectivity index (χ4v) is 5.96. The molecule has 0 saturated carbocycles. The largest absolute Gasteiger partial charge is 0.611 e. The summed E-state index contributed by atoms with van der Waals surface area (Å²) in [6, 6.07) is 20.9. The van der Waals surface area contributed by atoms with Gasteiger partial charge in [0.1, 0.15) is 18.1 Å². The predicted molar refractivity (Wildman–Crippen MR) is 181 cm³/mol. The van der Waals surface area contributed by atoms with Crippen molar-refractivity contribution in [2.45, 2.75) is 57.2 Å². The number of hydrogen-bond donors (Lipinski definition) is 1. The number of unbranched alkanes of at least 4 members (excludes halogenated alkanes) is 1. The van der Waals surface area contributed by atoms with Gasteiger partial charge in [-0.05, 0) is 96.7 Å². The van der Waals surface area contributed by atoms with Crippen LogP contribution in [0.1, 0.15) is 50.1 Å². The van der Waals surface area contributed by atoms with Crippen LogP contribution in [0.4, 0.5) is 5.69 Å². The van der Waals surface area contributed by atoms with Gasteiger partial charge in [-0.25, -0.2) is 4.98 Å². The van der Waals surface area contributed by atoms with E-state index in [2.05, 4.69) is 28.7 Å². The lowest BCUT2D eigenvalue weighted by molar-refractivity contribution is -0.111. The molecule has 4 aromatic rings. The van der Waals surface area contributed by atoms with Gasteiger partial charge in [-0.15, -0.1) is 0 Å². The number of benzene rings is 3. The summed E-state index contributed by atoms with van der Waals surface area (Å²) in [4.78, 5) is 17.9. The van der Waals surface area contributed by atoms with Crippen molar-refractivity contribution in [3.8, 4) is 22.6 Å². The first kappa shape index (κ1) is 33.8. The highest BCUT2D eigenvalue weighted by molar-refractivity contribution is 7.90. The molecule has 0 unspecified atom stereocenters. The fourth-order valence-electron chi connectivity index (χ4n) is 4.73. The Balaban J connectivity index is 1.34. The number of amides is 1. The van der Waals surface area contributed by atoms with Crippen LogP contribution in [0.15, 0.2) is 84.0 Å². The Labute approximate surface area is 269 Å². The van der Waals surface area contributed by atoms with Gasteiger partial charge in [-0.2, -0.15) is 0 Å². The van der Waals surface area contributed by atoms with Crippen molar-refractivity contribution in [1.29, 1.82) is 0 Å². The van der Waals surface area contributed by atoms with E-state index in [-0.39, 0.29) is 5.91 Å². The standard InChI is InChI=1S/C36H43N3O5S/c1-5-7-21-43-22-23-44-32-14-8-28(9-15-32)29-10-18-35(42-4)30(24-29)11-19-36(40)38-31-12-16-33(17-13-31)45(41)25-34-27(3)37-26-39(34)20-6-2/h8-19,24,26H,5-7,20-23,25H2,1-4H3,(H,38,40)/b19-11+/t45-/m0/s1. The van der Waals surface area contributed by atoms with Gasteiger partial charge in [-0.1, -0.05) is 38.5 Å². The number of methoxy groups -OCH3 is 1. The van der Waals surface area contributed by atoms with Crippen molar-refractivity contribution in [1.82, 2.24) is 9.55 Å². The molecule has 4 rings (SSSR count). The number of aryl methyl sites for hydroxylation is 2. The number of carbonyl (C=O) groups is 1. The van der Waals surface area contributed by atoms with Gasteiger partial charge in [0.05, 0.1) is 31.4 Å². The Morgan fingerprint density at radius 2 is 1.73 bits per heavy atom. The van der Waals surface area contributed by atoms with Gasteiger partial charge < -0.3 is 28.6 Å². The maximum absolute atomic E-state index is 13.1. The van der Waals surface area contributed by atoms with Crippen molar-refractivity contribution in [3.05, 3.63) is 96.1 Å². The lowest BCUT2D eigenvalue weighted by Gasteiger charge is -2.13. The Kier molecular flexibility index (Phi) is 13.1. The number of anilines is 1. The van der Waals surface area contributed by atoms with E-state index in [0.29, 0.717) is 35.3 Å². The summed E-state index contributed by atoms with van der Waals surface area (Å²) in [5.74, 6) is 1.56. The first-order valence-electron chi connectivity index (χ1n) is 15.4. The molecule has 1 aromatic heterocycles. The summed E-state index contributed by atoms with van der Waals surface area (Å²) >= 11 is -1.23. The van der Waals surface area contributed by atoms with Crippen LogP contribution in [0, 0.1) is 6.92 Å². The van der Waals surface area contributed by atoms with E-state index in [4.69, 9.17) is 14.2 Å². The van der Waals surface area contributed by atoms with Crippen molar-refractivity contribution in [2.24, 2.45) is 0 Å². The topological polar surface area (TPSA) is 97.7 Å². The number of imidazole rings is 1. The van der Waals surface area contributed by atoms with Crippen LogP contribution in [0.3, 0.4) is 0 Å². The van der Waals surface area contributed by atoms with E-state index in [9.17, 15) is 9.35 Å². The number of aromatic nitrogens is 2. The highest BCUT2D eigenvalue weighted by Gasteiger charge is 2.18. The summed E-state index contributed by atoms with van der Waals surface area (Å²) in [5.41, 5.74) is 5.29. The molecule has 1 heterocycles. The van der Waals surface area contributed by atoms with Crippen LogP contribution in [0.25, 0.3) is 17.2 Å². The third-order valence-corrected chi connectivity index (χ3v) is 8.58. The van der Waals surface area contributed by atoms with Gasteiger partial charge in [0.25, 0.3) is 0 Å². The average molecular weight is 630 g/mol. The Bertz CT molecular complexity index is 1530. The third kappa shape index (κ3) is 9.97. The zero-order chi connectivity index (χ0) is 32.0. The van der Waals surface area contributed by atoms with Crippen LogP contribution in [-0.2, 0) is 33.0 Å². The molecule has 0 spiro atoms. The van der Waals surface area contributed by atoms with E-state index >= 15 is 0 Å². The molecular weight excluding hydrogens is 586 g/mol. The molecule has 8 nitrogen and oxygen atoms in total.